The van der Waals surface area contributed by atoms with E-state index in [4.69, 9.17) is 0 Å². The second-order valence-electron chi connectivity index (χ2n) is 8.52. The Labute approximate surface area is 175 Å². The van der Waals surface area contributed by atoms with Crippen LogP contribution in [-0.4, -0.2) is 32.4 Å². The molecule has 150 valence electrons. The van der Waals surface area contributed by atoms with Crippen LogP contribution in [-0.2, 0) is 10.2 Å². The molecule has 0 unspecified atom stereocenters. The molecule has 1 aliphatic heterocycles. The van der Waals surface area contributed by atoms with Gasteiger partial charge in [-0.3, -0.25) is 9.89 Å². The minimum absolute atomic E-state index is 0.0788. The van der Waals surface area contributed by atoms with Gasteiger partial charge in [0.1, 0.15) is 6.33 Å². The molecular weight excluding hydrogens is 380 g/mol. The maximum absolute atomic E-state index is 13.3. The highest BCUT2D eigenvalue weighted by Gasteiger charge is 2.47. The number of rotatable bonds is 4. The Morgan fingerprint density at radius 1 is 1.17 bits per heavy atom. The number of H-pyrrole nitrogens is 1. The lowest BCUT2D eigenvalue weighted by molar-refractivity contribution is -0.117. The minimum atomic E-state index is -0.327. The molecule has 0 saturated heterocycles. The van der Waals surface area contributed by atoms with Crippen LogP contribution in [0.15, 0.2) is 60.0 Å². The van der Waals surface area contributed by atoms with Crippen molar-refractivity contribution in [3.63, 3.8) is 0 Å². The Morgan fingerprint density at radius 2 is 1.97 bits per heavy atom. The molecule has 1 aromatic heterocycles. The fraction of sp³-hybridized carbons (Fsp3) is 0.348. The van der Waals surface area contributed by atoms with E-state index in [2.05, 4.69) is 85.3 Å². The molecule has 0 saturated carbocycles. The number of hydrogen-bond donors (Lipinski definition) is 1. The number of amides is 1. The molecule has 2 aromatic carbocycles. The second kappa shape index (κ2) is 7.34. The molecule has 1 amide bonds. The van der Waals surface area contributed by atoms with Crippen LogP contribution in [0.1, 0.15) is 43.9 Å². The van der Waals surface area contributed by atoms with Crippen LogP contribution in [0.3, 0.4) is 0 Å². The van der Waals surface area contributed by atoms with Crippen molar-refractivity contribution in [1.29, 1.82) is 0 Å². The summed E-state index contributed by atoms with van der Waals surface area (Å²) in [5.41, 5.74) is 4.24. The Hall–Kier alpha value is -2.60. The number of carbonyl (C=O) groups is 1. The van der Waals surface area contributed by atoms with Crippen LogP contribution < -0.4 is 4.90 Å². The maximum atomic E-state index is 13.3. The van der Waals surface area contributed by atoms with Gasteiger partial charge in [-0.25, -0.2) is 4.98 Å². The first-order chi connectivity index (χ1) is 13.8. The normalized spacial score (nSPS) is 20.3. The Morgan fingerprint density at radius 3 is 2.69 bits per heavy atom. The van der Waals surface area contributed by atoms with Crippen LogP contribution in [0.5, 0.6) is 0 Å². The second-order valence-corrected chi connectivity index (χ2v) is 9.48. The lowest BCUT2D eigenvalue weighted by Crippen LogP contribution is -2.56. The molecule has 1 aliphatic rings. The summed E-state index contributed by atoms with van der Waals surface area (Å²) in [6.45, 7) is 8.75. The number of thioether (sulfide) groups is 1. The van der Waals surface area contributed by atoms with E-state index in [1.165, 1.54) is 34.8 Å². The SMILES string of the molecule is Cc1cccc([C@]2(C)CC(C)(C)N(C(=O)CSc3ncn[nH]3)c3ccccc32)c1. The summed E-state index contributed by atoms with van der Waals surface area (Å²) in [5, 5.41) is 7.32. The topological polar surface area (TPSA) is 61.9 Å². The van der Waals surface area contributed by atoms with Gasteiger partial charge in [-0.2, -0.15) is 5.10 Å². The van der Waals surface area contributed by atoms with Gasteiger partial charge >= 0.3 is 0 Å². The minimum Gasteiger partial charge on any atom is -0.306 e. The van der Waals surface area contributed by atoms with Gasteiger partial charge in [0.2, 0.25) is 5.91 Å². The largest absolute Gasteiger partial charge is 0.306 e. The van der Waals surface area contributed by atoms with E-state index in [9.17, 15) is 4.79 Å². The number of carbonyl (C=O) groups excluding carboxylic acids is 1. The van der Waals surface area contributed by atoms with E-state index < -0.39 is 0 Å². The molecule has 5 nitrogen and oxygen atoms in total. The maximum Gasteiger partial charge on any atom is 0.237 e. The third-order valence-electron chi connectivity index (χ3n) is 5.76. The van der Waals surface area contributed by atoms with Crippen LogP contribution in [0, 0.1) is 6.92 Å². The van der Waals surface area contributed by atoms with E-state index in [1.807, 2.05) is 11.0 Å². The summed E-state index contributed by atoms with van der Waals surface area (Å²) in [6.07, 6.45) is 2.30. The molecule has 0 bridgehead atoms. The van der Waals surface area contributed by atoms with Crippen LogP contribution >= 0.6 is 11.8 Å². The molecule has 0 radical (unpaired) electrons. The molecule has 0 fully saturated rings. The lowest BCUT2D eigenvalue weighted by atomic mass is 9.65. The number of anilines is 1. The summed E-state index contributed by atoms with van der Waals surface area (Å²) < 4.78 is 0. The molecule has 0 aliphatic carbocycles. The Balaban J connectivity index is 1.75. The predicted molar refractivity (Wildman–Crippen MR) is 117 cm³/mol. The van der Waals surface area contributed by atoms with Gasteiger partial charge in [-0.1, -0.05) is 66.7 Å². The van der Waals surface area contributed by atoms with E-state index >= 15 is 0 Å². The number of aryl methyl sites for hydroxylation is 1. The van der Waals surface area contributed by atoms with Gasteiger partial charge in [-0.05, 0) is 44.4 Å². The first-order valence-corrected chi connectivity index (χ1v) is 10.8. The van der Waals surface area contributed by atoms with Crippen LogP contribution in [0.25, 0.3) is 0 Å². The first-order valence-electron chi connectivity index (χ1n) is 9.79. The molecule has 29 heavy (non-hydrogen) atoms. The summed E-state index contributed by atoms with van der Waals surface area (Å²) >= 11 is 1.38. The molecule has 0 spiro atoms. The summed E-state index contributed by atoms with van der Waals surface area (Å²) in [7, 11) is 0. The van der Waals surface area contributed by atoms with Crippen molar-refractivity contribution in [3.05, 3.63) is 71.5 Å². The van der Waals surface area contributed by atoms with Crippen molar-refractivity contribution in [2.24, 2.45) is 0 Å². The zero-order valence-electron chi connectivity index (χ0n) is 17.3. The average Bonchev–Trinajstić information content (AvgIpc) is 3.19. The van der Waals surface area contributed by atoms with Gasteiger partial charge < -0.3 is 4.90 Å². The molecule has 1 atom stereocenters. The van der Waals surface area contributed by atoms with E-state index in [0.29, 0.717) is 10.9 Å². The lowest BCUT2D eigenvalue weighted by Gasteiger charge is -2.51. The zero-order valence-corrected chi connectivity index (χ0v) is 18.1. The fourth-order valence-electron chi connectivity index (χ4n) is 4.68. The standard InChI is InChI=1S/C23H26N4OS/c1-16-8-7-9-17(12-16)23(4)14-22(2,3)27(19-11-6-5-10-18(19)23)20(28)13-29-21-24-15-25-26-21/h5-12,15H,13-14H2,1-4H3,(H,24,25,26)/t23-/m0/s1. The van der Waals surface area contributed by atoms with E-state index in [-0.39, 0.29) is 16.9 Å². The fourth-order valence-corrected chi connectivity index (χ4v) is 5.31. The number of benzene rings is 2. The molecule has 3 aromatic rings. The third-order valence-corrected chi connectivity index (χ3v) is 6.62. The summed E-state index contributed by atoms with van der Waals surface area (Å²) in [4.78, 5) is 19.4. The van der Waals surface area contributed by atoms with Crippen molar-refractivity contribution >= 4 is 23.4 Å². The van der Waals surface area contributed by atoms with Crippen LogP contribution in [0.4, 0.5) is 5.69 Å². The van der Waals surface area contributed by atoms with E-state index in [0.717, 1.165) is 12.1 Å². The molecule has 2 heterocycles. The number of aromatic amines is 1. The number of hydrogen-bond acceptors (Lipinski definition) is 4. The zero-order chi connectivity index (χ0) is 20.6. The summed E-state index contributed by atoms with van der Waals surface area (Å²) in [5.74, 6) is 0.392. The monoisotopic (exact) mass is 406 g/mol. The Bertz CT molecular complexity index is 1030. The number of para-hydroxylation sites is 1. The average molecular weight is 407 g/mol. The van der Waals surface area contributed by atoms with E-state index in [1.54, 1.807) is 0 Å². The van der Waals surface area contributed by atoms with Crippen molar-refractivity contribution in [2.75, 3.05) is 10.7 Å². The highest BCUT2D eigenvalue weighted by molar-refractivity contribution is 7.99. The number of aromatic nitrogens is 3. The van der Waals surface area contributed by atoms with Gasteiger partial charge in [0.25, 0.3) is 0 Å². The van der Waals surface area contributed by atoms with Crippen LogP contribution in [0.2, 0.25) is 0 Å². The van der Waals surface area contributed by atoms with Gasteiger partial charge in [0.15, 0.2) is 5.16 Å². The highest BCUT2D eigenvalue weighted by Crippen LogP contribution is 2.50. The molecule has 1 N–H and O–H groups in total. The van der Waals surface area contributed by atoms with Crippen molar-refractivity contribution in [1.82, 2.24) is 15.2 Å². The quantitative estimate of drug-likeness (QED) is 0.637. The number of nitrogens with one attached hydrogen (secondary N) is 1. The molecular formula is C23H26N4OS. The smallest absolute Gasteiger partial charge is 0.237 e. The van der Waals surface area contributed by atoms with Gasteiger partial charge in [0, 0.05) is 16.6 Å². The van der Waals surface area contributed by atoms with Crippen molar-refractivity contribution < 1.29 is 4.79 Å². The summed E-state index contributed by atoms with van der Waals surface area (Å²) in [6, 6.07) is 17.0. The van der Waals surface area contributed by atoms with Crippen molar-refractivity contribution in [3.8, 4) is 0 Å². The highest BCUT2D eigenvalue weighted by atomic mass is 32.2. The van der Waals surface area contributed by atoms with Crippen molar-refractivity contribution in [2.45, 2.75) is 50.2 Å². The first kappa shape index (κ1) is 19.7. The Kier molecular flexibility index (Phi) is 4.99. The predicted octanol–water partition coefficient (Wildman–Crippen LogP) is 4.73. The van der Waals surface area contributed by atoms with Gasteiger partial charge in [0.05, 0.1) is 5.75 Å². The third kappa shape index (κ3) is 3.57. The number of nitrogens with zero attached hydrogens (tertiary/aromatic N) is 3. The molecule has 6 heteroatoms. The van der Waals surface area contributed by atoms with Gasteiger partial charge in [-0.15, -0.1) is 0 Å². The molecule has 4 rings (SSSR count). The number of fused-ring (bicyclic) bond motifs is 1.